The lowest BCUT2D eigenvalue weighted by atomic mass is 9.92. The van der Waals surface area contributed by atoms with Gasteiger partial charge in [-0.3, -0.25) is 0 Å². The van der Waals surface area contributed by atoms with Gasteiger partial charge >= 0.3 is 0 Å². The van der Waals surface area contributed by atoms with Crippen molar-refractivity contribution < 1.29 is 7.31 Å². The van der Waals surface area contributed by atoms with Gasteiger partial charge in [0.15, 0.2) is 11.0 Å². The van der Waals surface area contributed by atoms with E-state index >= 15 is 0 Å². The third-order valence-corrected chi connectivity index (χ3v) is 6.71. The minimum absolute atomic E-state index is 0.842. The van der Waals surface area contributed by atoms with Crippen LogP contribution in [0.15, 0.2) is 78.9 Å². The lowest BCUT2D eigenvalue weighted by Gasteiger charge is -2.18. The summed E-state index contributed by atoms with van der Waals surface area (Å²) >= 11 is 0. The largest absolute Gasteiger partial charge is 0.295 e. The number of nitrogens with zero attached hydrogens (tertiary/aromatic N) is 2. The topological polar surface area (TPSA) is 8.81 Å². The Labute approximate surface area is 199 Å². The highest BCUT2D eigenvalue weighted by molar-refractivity contribution is 6.03. The number of para-hydroxylation sites is 1. The van der Waals surface area contributed by atoms with Crippen LogP contribution in [0.2, 0.25) is 0 Å². The minimum atomic E-state index is -0.842. The van der Waals surface area contributed by atoms with Crippen LogP contribution in [0.5, 0.6) is 0 Å². The van der Waals surface area contributed by atoms with Crippen molar-refractivity contribution in [3.8, 4) is 17.1 Å². The van der Waals surface area contributed by atoms with Gasteiger partial charge in [0.05, 0.1) is 12.6 Å². The zero-order chi connectivity index (χ0) is 25.1. The molecule has 0 bridgehead atoms. The Bertz CT molecular complexity index is 1550. The first kappa shape index (κ1) is 19.1. The molecule has 166 valence electrons. The zero-order valence-electron chi connectivity index (χ0n) is 22.4. The maximum absolute atomic E-state index is 9.05. The third kappa shape index (κ3) is 3.36. The van der Waals surface area contributed by atoms with Crippen molar-refractivity contribution in [1.82, 2.24) is 4.57 Å². The molecule has 0 spiro atoms. The number of hydrogen-bond acceptors (Lipinski definition) is 0. The summed E-state index contributed by atoms with van der Waals surface area (Å²) in [5, 5.41) is 2.38. The molecule has 5 rings (SSSR count). The maximum atomic E-state index is 9.05. The Balaban J connectivity index is 2.07. The quantitative estimate of drug-likeness (QED) is 0.254. The number of rotatable bonds is 4. The molecule has 1 aromatic heterocycles. The Kier molecular flexibility index (Phi) is 4.74. The van der Waals surface area contributed by atoms with Crippen LogP contribution in [0.4, 0.5) is 0 Å². The summed E-state index contributed by atoms with van der Waals surface area (Å²) in [6.07, 6.45) is 0. The molecule has 0 saturated heterocycles. The number of fused-ring (bicyclic) bond motifs is 3. The van der Waals surface area contributed by atoms with E-state index in [1.807, 2.05) is 45.9 Å². The average molecular weight is 436 g/mol. The highest BCUT2D eigenvalue weighted by Crippen LogP contribution is 2.38. The van der Waals surface area contributed by atoms with Gasteiger partial charge in [0.25, 0.3) is 5.82 Å². The molecule has 5 aromatic rings. The molecule has 1 heterocycles. The fourth-order valence-corrected chi connectivity index (χ4v) is 5.09. The number of imidazole rings is 1. The molecule has 0 aliphatic heterocycles. The van der Waals surface area contributed by atoms with E-state index in [-0.39, 0.29) is 0 Å². The van der Waals surface area contributed by atoms with E-state index < -0.39 is 11.8 Å². The fraction of sp³-hybridized carbons (Fsp3) is 0.258. The molecule has 0 amide bonds. The molecule has 0 fully saturated rings. The van der Waals surface area contributed by atoms with Gasteiger partial charge in [0, 0.05) is 19.3 Å². The number of hydrogen-bond donors (Lipinski definition) is 0. The summed E-state index contributed by atoms with van der Waals surface area (Å²) in [6, 6.07) is 27.4. The lowest BCUT2D eigenvalue weighted by Crippen LogP contribution is -2.30. The first-order valence-electron chi connectivity index (χ1n) is 12.6. The second-order valence-electron chi connectivity index (χ2n) is 9.39. The van der Waals surface area contributed by atoms with Gasteiger partial charge in [-0.15, -0.1) is 0 Å². The highest BCUT2D eigenvalue weighted by Gasteiger charge is 2.31. The first-order valence-corrected chi connectivity index (χ1v) is 11.6. The van der Waals surface area contributed by atoms with Crippen LogP contribution in [-0.2, 0) is 7.05 Å². The van der Waals surface area contributed by atoms with Gasteiger partial charge in [-0.05, 0) is 53.9 Å². The summed E-state index contributed by atoms with van der Waals surface area (Å²) in [5.74, 6) is -0.631. The van der Waals surface area contributed by atoms with Crippen molar-refractivity contribution in [2.75, 3.05) is 0 Å². The molecule has 0 radical (unpaired) electrons. The molecule has 2 nitrogen and oxygen atoms in total. The molecule has 33 heavy (non-hydrogen) atoms. The van der Waals surface area contributed by atoms with Gasteiger partial charge < -0.3 is 0 Å². The SMILES string of the molecule is [2H]C(C)(C)c1cccc(C([2H])(C)C)c1-n1c(-c2ccccc2C)[n+](C)c2c3ccccc3ccc21. The zero-order valence-corrected chi connectivity index (χ0v) is 20.4. The first-order chi connectivity index (χ1) is 16.5. The molecular formula is C31H33N2+. The lowest BCUT2D eigenvalue weighted by molar-refractivity contribution is -0.633. The van der Waals surface area contributed by atoms with Crippen LogP contribution >= 0.6 is 0 Å². The second kappa shape index (κ2) is 8.19. The van der Waals surface area contributed by atoms with Crippen molar-refractivity contribution in [2.24, 2.45) is 7.05 Å². The summed E-state index contributed by atoms with van der Waals surface area (Å²) in [6.45, 7) is 9.87. The molecule has 4 aromatic carbocycles. The monoisotopic (exact) mass is 435 g/mol. The second-order valence-corrected chi connectivity index (χ2v) is 9.39. The number of aromatic nitrogens is 2. The summed E-state index contributed by atoms with van der Waals surface area (Å²) in [5.41, 5.74) is 7.31. The summed E-state index contributed by atoms with van der Waals surface area (Å²) in [4.78, 5) is 0. The molecule has 0 saturated carbocycles. The number of benzene rings is 4. The van der Waals surface area contributed by atoms with Gasteiger partial charge in [0.2, 0.25) is 0 Å². The fourth-order valence-electron chi connectivity index (χ4n) is 5.09. The van der Waals surface area contributed by atoms with E-state index in [0.29, 0.717) is 0 Å². The molecule has 0 aliphatic carbocycles. The van der Waals surface area contributed by atoms with Gasteiger partial charge in [0.1, 0.15) is 5.69 Å². The smallest absolute Gasteiger partial charge is 0.225 e. The maximum Gasteiger partial charge on any atom is 0.295 e. The Hall–Kier alpha value is -3.39. The van der Waals surface area contributed by atoms with Crippen molar-refractivity contribution >= 4 is 21.8 Å². The van der Waals surface area contributed by atoms with Crippen LogP contribution in [0, 0.1) is 6.92 Å². The third-order valence-electron chi connectivity index (χ3n) is 6.71. The molecule has 2 heteroatoms. The van der Waals surface area contributed by atoms with Crippen LogP contribution in [0.3, 0.4) is 0 Å². The summed E-state index contributed by atoms with van der Waals surface area (Å²) < 4.78 is 22.7. The van der Waals surface area contributed by atoms with E-state index in [1.165, 1.54) is 16.3 Å². The van der Waals surface area contributed by atoms with Crippen molar-refractivity contribution in [3.05, 3.63) is 95.6 Å². The van der Waals surface area contributed by atoms with E-state index in [1.54, 1.807) is 0 Å². The van der Waals surface area contributed by atoms with E-state index in [2.05, 4.69) is 83.8 Å². The van der Waals surface area contributed by atoms with E-state index in [9.17, 15) is 0 Å². The van der Waals surface area contributed by atoms with Crippen LogP contribution in [0.25, 0.3) is 38.9 Å². The molecule has 0 atom stereocenters. The standard InChI is InChI=1S/C31H33N2/c1-20(2)24-16-11-17-25(21(3)4)29(24)33-28-19-18-23-13-8-10-15-27(23)30(28)32(6)31(33)26-14-9-7-12-22(26)5/h7-21H,1-6H3/q+1/i20D,21D. The summed E-state index contributed by atoms with van der Waals surface area (Å²) in [7, 11) is 2.13. The van der Waals surface area contributed by atoms with E-state index in [4.69, 9.17) is 2.74 Å². The van der Waals surface area contributed by atoms with Gasteiger partial charge in [-0.2, -0.15) is 4.57 Å². The van der Waals surface area contributed by atoms with Crippen molar-refractivity contribution in [1.29, 1.82) is 0 Å². The predicted molar refractivity (Wildman–Crippen MR) is 140 cm³/mol. The Morgan fingerprint density at radius 3 is 2.06 bits per heavy atom. The van der Waals surface area contributed by atoms with E-state index in [0.717, 1.165) is 39.2 Å². The highest BCUT2D eigenvalue weighted by atomic mass is 15.2. The predicted octanol–water partition coefficient (Wildman–Crippen LogP) is 7.83. The molecular weight excluding hydrogens is 400 g/mol. The molecule has 0 aliphatic rings. The normalized spacial score (nSPS) is 13.4. The Morgan fingerprint density at radius 1 is 0.758 bits per heavy atom. The van der Waals surface area contributed by atoms with Gasteiger partial charge in [-0.25, -0.2) is 4.57 Å². The van der Waals surface area contributed by atoms with Crippen molar-refractivity contribution in [3.63, 3.8) is 0 Å². The van der Waals surface area contributed by atoms with Gasteiger partial charge in [-0.1, -0.05) is 82.3 Å². The molecule has 0 unspecified atom stereocenters. The molecule has 0 N–H and O–H groups in total. The van der Waals surface area contributed by atoms with Crippen LogP contribution < -0.4 is 4.57 Å². The average Bonchev–Trinajstić information content (AvgIpc) is 3.10. The minimum Gasteiger partial charge on any atom is -0.225 e. The van der Waals surface area contributed by atoms with Crippen LogP contribution in [-0.4, -0.2) is 4.57 Å². The number of aryl methyl sites for hydroxylation is 2. The van der Waals surface area contributed by atoms with Crippen molar-refractivity contribution in [2.45, 2.75) is 46.4 Å². The Morgan fingerprint density at radius 2 is 1.39 bits per heavy atom. The van der Waals surface area contributed by atoms with Crippen LogP contribution in [0.1, 0.15) is 58.9 Å².